The number of rotatable bonds is 6. The Labute approximate surface area is 192 Å². The summed E-state index contributed by atoms with van der Waals surface area (Å²) in [6, 6.07) is 35.0. The second-order valence-corrected chi connectivity index (χ2v) is 8.31. The third-order valence-corrected chi connectivity index (χ3v) is 6.43. The molecule has 0 heterocycles. The zero-order chi connectivity index (χ0) is 22.8. The van der Waals surface area contributed by atoms with Crippen LogP contribution in [0, 0.1) is 5.92 Å². The van der Waals surface area contributed by atoms with E-state index in [1.807, 2.05) is 78.9 Å². The van der Waals surface area contributed by atoms with Gasteiger partial charge in [-0.25, -0.2) is 0 Å². The van der Waals surface area contributed by atoms with E-state index in [0.29, 0.717) is 16.7 Å². The second kappa shape index (κ2) is 8.79. The van der Waals surface area contributed by atoms with Gasteiger partial charge >= 0.3 is 0 Å². The predicted octanol–water partition coefficient (Wildman–Crippen LogP) is 6.13. The van der Waals surface area contributed by atoms with Crippen LogP contribution in [0.25, 0.3) is 0 Å². The lowest BCUT2D eigenvalue weighted by atomic mass is 9.69. The molecule has 0 fully saturated rings. The molecule has 0 radical (unpaired) electrons. The molecule has 3 heteroatoms. The van der Waals surface area contributed by atoms with Gasteiger partial charge in [0.15, 0.2) is 17.3 Å². The molecule has 0 amide bonds. The number of carbonyl (C=O) groups is 3. The molecule has 0 aromatic heterocycles. The summed E-state index contributed by atoms with van der Waals surface area (Å²) >= 11 is 0. The van der Waals surface area contributed by atoms with E-state index in [2.05, 4.69) is 0 Å². The molecule has 0 saturated carbocycles. The van der Waals surface area contributed by atoms with Gasteiger partial charge in [0.1, 0.15) is 0 Å². The molecule has 4 aromatic carbocycles. The van der Waals surface area contributed by atoms with E-state index < -0.39 is 17.8 Å². The summed E-state index contributed by atoms with van der Waals surface area (Å²) in [4.78, 5) is 41.1. The third kappa shape index (κ3) is 3.72. The highest BCUT2D eigenvalue weighted by Gasteiger charge is 2.48. The van der Waals surface area contributed by atoms with E-state index in [-0.39, 0.29) is 17.3 Å². The Bertz CT molecular complexity index is 1280. The zero-order valence-electron chi connectivity index (χ0n) is 17.9. The number of Topliss-reactive ketones (excluding diaryl/α,β-unsaturated/α-hetero) is 3. The fourth-order valence-electron chi connectivity index (χ4n) is 4.91. The average molecular weight is 431 g/mol. The Morgan fingerprint density at radius 1 is 0.545 bits per heavy atom. The summed E-state index contributed by atoms with van der Waals surface area (Å²) in [5.41, 5.74) is 3.02. The highest BCUT2D eigenvalue weighted by atomic mass is 16.2. The normalized spacial score (nSPS) is 15.2. The standard InChI is InChI=1S/C30H22O3/c31-28(22-16-8-3-9-17-22)26(21-14-6-2-7-15-21)25(20-12-4-1-5-13-20)27-29(32)23-18-10-11-19-24(23)30(27)33/h1-19,25-27H. The van der Waals surface area contributed by atoms with Crippen LogP contribution in [0.2, 0.25) is 0 Å². The Hall–Kier alpha value is -4.11. The number of hydrogen-bond acceptors (Lipinski definition) is 3. The van der Waals surface area contributed by atoms with Crippen molar-refractivity contribution in [3.8, 4) is 0 Å². The fraction of sp³-hybridized carbons (Fsp3) is 0.100. The highest BCUT2D eigenvalue weighted by Crippen LogP contribution is 2.46. The van der Waals surface area contributed by atoms with E-state index in [0.717, 1.165) is 11.1 Å². The van der Waals surface area contributed by atoms with Gasteiger partial charge < -0.3 is 0 Å². The van der Waals surface area contributed by atoms with Crippen LogP contribution in [0.4, 0.5) is 0 Å². The van der Waals surface area contributed by atoms with Gasteiger partial charge in [0.2, 0.25) is 0 Å². The Kier molecular flexibility index (Phi) is 5.54. The first-order chi connectivity index (χ1) is 16.2. The molecule has 0 spiro atoms. The maximum absolute atomic E-state index is 14.0. The number of hydrogen-bond donors (Lipinski definition) is 0. The predicted molar refractivity (Wildman–Crippen MR) is 128 cm³/mol. The summed E-state index contributed by atoms with van der Waals surface area (Å²) in [7, 11) is 0. The van der Waals surface area contributed by atoms with Gasteiger partial charge in [-0.2, -0.15) is 0 Å². The molecule has 160 valence electrons. The van der Waals surface area contributed by atoms with Crippen molar-refractivity contribution in [2.75, 3.05) is 0 Å². The van der Waals surface area contributed by atoms with Crippen LogP contribution in [0.1, 0.15) is 54.0 Å². The summed E-state index contributed by atoms with van der Waals surface area (Å²) < 4.78 is 0. The lowest BCUT2D eigenvalue weighted by Gasteiger charge is -2.30. The molecular weight excluding hydrogens is 408 g/mol. The van der Waals surface area contributed by atoms with Crippen molar-refractivity contribution in [2.45, 2.75) is 11.8 Å². The van der Waals surface area contributed by atoms with Gasteiger partial charge in [-0.1, -0.05) is 115 Å². The summed E-state index contributed by atoms with van der Waals surface area (Å²) in [6.45, 7) is 0. The summed E-state index contributed by atoms with van der Waals surface area (Å²) in [5, 5.41) is 0. The zero-order valence-corrected chi connectivity index (χ0v) is 17.9. The van der Waals surface area contributed by atoms with Gasteiger partial charge in [0.05, 0.1) is 11.8 Å². The molecule has 3 nitrogen and oxygen atoms in total. The van der Waals surface area contributed by atoms with Gasteiger partial charge in [-0.3, -0.25) is 14.4 Å². The molecule has 33 heavy (non-hydrogen) atoms. The van der Waals surface area contributed by atoms with Crippen molar-refractivity contribution in [1.29, 1.82) is 0 Å². The first kappa shape index (κ1) is 20.8. The first-order valence-corrected chi connectivity index (χ1v) is 11.0. The molecule has 4 aromatic rings. The molecule has 2 atom stereocenters. The van der Waals surface area contributed by atoms with Gasteiger partial charge in [0.25, 0.3) is 0 Å². The fourth-order valence-corrected chi connectivity index (χ4v) is 4.91. The van der Waals surface area contributed by atoms with E-state index >= 15 is 0 Å². The minimum Gasteiger partial charge on any atom is -0.293 e. The number of fused-ring (bicyclic) bond motifs is 1. The smallest absolute Gasteiger partial charge is 0.175 e. The van der Waals surface area contributed by atoms with Crippen LogP contribution >= 0.6 is 0 Å². The molecule has 1 aliphatic carbocycles. The van der Waals surface area contributed by atoms with Crippen LogP contribution in [-0.2, 0) is 0 Å². The maximum atomic E-state index is 14.0. The molecule has 5 rings (SSSR count). The molecule has 0 N–H and O–H groups in total. The number of carbonyl (C=O) groups excluding carboxylic acids is 3. The van der Waals surface area contributed by atoms with E-state index in [1.54, 1.807) is 36.4 Å². The summed E-state index contributed by atoms with van der Waals surface area (Å²) in [6.07, 6.45) is 0. The quantitative estimate of drug-likeness (QED) is 0.273. The SMILES string of the molecule is O=C1c2ccccc2C(=O)C1C(c1ccccc1)C(C(=O)c1ccccc1)c1ccccc1. The number of benzene rings is 4. The molecule has 1 aliphatic rings. The van der Waals surface area contributed by atoms with Crippen molar-refractivity contribution in [2.24, 2.45) is 5.92 Å². The van der Waals surface area contributed by atoms with Crippen LogP contribution in [0.3, 0.4) is 0 Å². The van der Waals surface area contributed by atoms with E-state index in [9.17, 15) is 14.4 Å². The van der Waals surface area contributed by atoms with E-state index in [1.165, 1.54) is 0 Å². The van der Waals surface area contributed by atoms with Crippen LogP contribution in [0.5, 0.6) is 0 Å². The Balaban J connectivity index is 1.72. The Morgan fingerprint density at radius 3 is 1.48 bits per heavy atom. The van der Waals surface area contributed by atoms with Crippen molar-refractivity contribution in [3.05, 3.63) is 143 Å². The van der Waals surface area contributed by atoms with Crippen molar-refractivity contribution in [3.63, 3.8) is 0 Å². The second-order valence-electron chi connectivity index (χ2n) is 8.31. The molecular formula is C30H22O3. The Morgan fingerprint density at radius 2 is 0.970 bits per heavy atom. The van der Waals surface area contributed by atoms with Crippen LogP contribution in [-0.4, -0.2) is 17.3 Å². The third-order valence-electron chi connectivity index (χ3n) is 6.43. The van der Waals surface area contributed by atoms with Gasteiger partial charge in [0, 0.05) is 22.6 Å². The van der Waals surface area contributed by atoms with Gasteiger partial charge in [-0.05, 0) is 11.1 Å². The topological polar surface area (TPSA) is 51.2 Å². The van der Waals surface area contributed by atoms with Crippen molar-refractivity contribution < 1.29 is 14.4 Å². The minimum atomic E-state index is -0.956. The molecule has 2 unspecified atom stereocenters. The monoisotopic (exact) mass is 430 g/mol. The van der Waals surface area contributed by atoms with Crippen molar-refractivity contribution in [1.82, 2.24) is 0 Å². The molecule has 0 bridgehead atoms. The van der Waals surface area contributed by atoms with Crippen molar-refractivity contribution >= 4 is 17.3 Å². The lowest BCUT2D eigenvalue weighted by molar-refractivity contribution is 0.0788. The maximum Gasteiger partial charge on any atom is 0.175 e. The molecule has 0 saturated heterocycles. The van der Waals surface area contributed by atoms with Gasteiger partial charge in [-0.15, -0.1) is 0 Å². The largest absolute Gasteiger partial charge is 0.293 e. The number of ketones is 3. The van der Waals surface area contributed by atoms with Crippen LogP contribution < -0.4 is 0 Å². The highest BCUT2D eigenvalue weighted by molar-refractivity contribution is 6.27. The average Bonchev–Trinajstić information content (AvgIpc) is 3.13. The minimum absolute atomic E-state index is 0.104. The van der Waals surface area contributed by atoms with Crippen LogP contribution in [0.15, 0.2) is 115 Å². The van der Waals surface area contributed by atoms with E-state index in [4.69, 9.17) is 0 Å². The first-order valence-electron chi connectivity index (χ1n) is 11.0. The lowest BCUT2D eigenvalue weighted by Crippen LogP contribution is -2.32. The summed E-state index contributed by atoms with van der Waals surface area (Å²) in [5.74, 6) is -2.82. The molecule has 0 aliphatic heterocycles.